The number of rotatable bonds is 7. The molecule has 1 heterocycles. The van der Waals surface area contributed by atoms with Crippen LogP contribution in [0.4, 0.5) is 26.3 Å². The van der Waals surface area contributed by atoms with Gasteiger partial charge < -0.3 is 9.64 Å². The number of nitrogens with zero attached hydrogens (tertiary/aromatic N) is 2. The highest BCUT2D eigenvalue weighted by molar-refractivity contribution is 7.89. The maximum absolute atomic E-state index is 12.8. The van der Waals surface area contributed by atoms with Gasteiger partial charge in [0.15, 0.2) is 0 Å². The van der Waals surface area contributed by atoms with Crippen LogP contribution in [0, 0.1) is 5.92 Å². The number of benzene rings is 1. The van der Waals surface area contributed by atoms with E-state index in [0.29, 0.717) is 0 Å². The van der Waals surface area contributed by atoms with Gasteiger partial charge >= 0.3 is 12.5 Å². The number of carbonyl (C=O) groups is 1. The molecule has 1 aromatic rings. The van der Waals surface area contributed by atoms with Gasteiger partial charge in [-0.25, -0.2) is 8.42 Å². The van der Waals surface area contributed by atoms with Crippen LogP contribution in [0.15, 0.2) is 29.2 Å². The number of alkyl halides is 6. The third-order valence-corrected chi connectivity index (χ3v) is 6.73. The molecule has 176 valence electrons. The fourth-order valence-corrected chi connectivity index (χ4v) is 4.77. The van der Waals surface area contributed by atoms with E-state index in [2.05, 4.69) is 4.74 Å². The molecule has 1 amide bonds. The van der Waals surface area contributed by atoms with Gasteiger partial charge in [-0.3, -0.25) is 4.79 Å². The Morgan fingerprint density at radius 1 is 1.16 bits per heavy atom. The highest BCUT2D eigenvalue weighted by Gasteiger charge is 2.36. The number of piperidine rings is 1. The third-order valence-electron chi connectivity index (χ3n) is 4.84. The van der Waals surface area contributed by atoms with Crippen molar-refractivity contribution in [2.45, 2.75) is 43.6 Å². The number of carbonyl (C=O) groups excluding carboxylic acids is 1. The second kappa shape index (κ2) is 9.63. The molecule has 0 bridgehead atoms. The number of hydrogen-bond donors (Lipinski definition) is 0. The average molecular weight is 476 g/mol. The van der Waals surface area contributed by atoms with Gasteiger partial charge in [-0.2, -0.15) is 17.5 Å². The van der Waals surface area contributed by atoms with Crippen molar-refractivity contribution in [2.24, 2.45) is 5.92 Å². The van der Waals surface area contributed by atoms with Crippen molar-refractivity contribution in [1.29, 1.82) is 0 Å². The maximum atomic E-state index is 12.8. The molecule has 1 aliphatic rings. The first kappa shape index (κ1) is 25.2. The first-order chi connectivity index (χ1) is 14.2. The van der Waals surface area contributed by atoms with Crippen LogP contribution in [0.25, 0.3) is 0 Å². The summed E-state index contributed by atoms with van der Waals surface area (Å²) in [6.45, 7) is 1.02. The van der Waals surface area contributed by atoms with E-state index in [-0.39, 0.29) is 37.4 Å². The van der Waals surface area contributed by atoms with Crippen molar-refractivity contribution in [3.63, 3.8) is 0 Å². The lowest BCUT2D eigenvalue weighted by atomic mass is 9.96. The van der Waals surface area contributed by atoms with Crippen molar-refractivity contribution < 1.29 is 44.3 Å². The summed E-state index contributed by atoms with van der Waals surface area (Å²) < 4.78 is 105. The summed E-state index contributed by atoms with van der Waals surface area (Å²) in [5.41, 5.74) is 0. The Bertz CT molecular complexity index is 865. The molecule has 6 nitrogen and oxygen atoms in total. The predicted molar refractivity (Wildman–Crippen MR) is 97.5 cm³/mol. The lowest BCUT2D eigenvalue weighted by molar-refractivity contribution is -0.274. The summed E-state index contributed by atoms with van der Waals surface area (Å²) in [6, 6.07) is 3.98. The zero-order valence-corrected chi connectivity index (χ0v) is 17.4. The zero-order chi connectivity index (χ0) is 23.4. The van der Waals surface area contributed by atoms with Crippen molar-refractivity contribution in [3.8, 4) is 5.75 Å². The standard InChI is InChI=1S/C18H22F6N2O4S/c1-2-25(11-8-17(19,20)21)16(27)13-6-9-26(10-7-13)31(28,29)15-5-3-4-14(12-15)30-18(22,23)24/h3-5,12-13H,2,6-11H2,1H3. The van der Waals surface area contributed by atoms with Gasteiger partial charge in [0.2, 0.25) is 15.9 Å². The van der Waals surface area contributed by atoms with E-state index in [9.17, 15) is 39.6 Å². The Hall–Kier alpha value is -2.02. The van der Waals surface area contributed by atoms with Crippen LogP contribution in [0.1, 0.15) is 26.2 Å². The summed E-state index contributed by atoms with van der Waals surface area (Å²) in [7, 11) is -4.13. The normalized spacial score (nSPS) is 16.9. The summed E-state index contributed by atoms with van der Waals surface area (Å²) in [5, 5.41) is 0. The maximum Gasteiger partial charge on any atom is 0.573 e. The molecule has 0 N–H and O–H groups in total. The monoisotopic (exact) mass is 476 g/mol. The SMILES string of the molecule is CCN(CCC(F)(F)F)C(=O)C1CCN(S(=O)(=O)c2cccc(OC(F)(F)F)c2)CC1. The molecular weight excluding hydrogens is 454 g/mol. The molecule has 31 heavy (non-hydrogen) atoms. The van der Waals surface area contributed by atoms with E-state index in [0.717, 1.165) is 33.5 Å². The quantitative estimate of drug-likeness (QED) is 0.562. The van der Waals surface area contributed by atoms with Crippen LogP contribution in [-0.2, 0) is 14.8 Å². The van der Waals surface area contributed by atoms with Crippen LogP contribution in [0.5, 0.6) is 5.75 Å². The Balaban J connectivity index is 2.03. The topological polar surface area (TPSA) is 66.9 Å². The number of sulfonamides is 1. The zero-order valence-electron chi connectivity index (χ0n) is 16.5. The molecule has 1 saturated heterocycles. The van der Waals surface area contributed by atoms with Crippen LogP contribution in [-0.4, -0.2) is 62.2 Å². The third kappa shape index (κ3) is 7.27. The molecule has 0 spiro atoms. The molecule has 13 heteroatoms. The molecule has 0 radical (unpaired) electrons. The van der Waals surface area contributed by atoms with Gasteiger partial charge in [0.1, 0.15) is 5.75 Å². The fourth-order valence-electron chi connectivity index (χ4n) is 3.27. The highest BCUT2D eigenvalue weighted by Crippen LogP contribution is 2.29. The lowest BCUT2D eigenvalue weighted by Crippen LogP contribution is -2.45. The largest absolute Gasteiger partial charge is 0.573 e. The van der Waals surface area contributed by atoms with Gasteiger partial charge in [0.05, 0.1) is 11.3 Å². The summed E-state index contributed by atoms with van der Waals surface area (Å²) in [5.74, 6) is -1.77. The first-order valence-corrected chi connectivity index (χ1v) is 10.9. The average Bonchev–Trinajstić information content (AvgIpc) is 2.66. The molecule has 0 atom stereocenters. The number of hydrogen-bond acceptors (Lipinski definition) is 4. The second-order valence-corrected chi connectivity index (χ2v) is 8.92. The summed E-state index contributed by atoms with van der Waals surface area (Å²) in [6.07, 6.45) is -10.3. The molecular formula is C18H22F6N2O4S. The van der Waals surface area contributed by atoms with Crippen LogP contribution < -0.4 is 4.74 Å². The highest BCUT2D eigenvalue weighted by atomic mass is 32.2. The van der Waals surface area contributed by atoms with Crippen molar-refractivity contribution in [2.75, 3.05) is 26.2 Å². The van der Waals surface area contributed by atoms with E-state index in [1.807, 2.05) is 0 Å². The number of halogens is 6. The van der Waals surface area contributed by atoms with Gasteiger partial charge in [-0.05, 0) is 31.9 Å². The van der Waals surface area contributed by atoms with Crippen molar-refractivity contribution >= 4 is 15.9 Å². The molecule has 1 aliphatic heterocycles. The lowest BCUT2D eigenvalue weighted by Gasteiger charge is -2.33. The Labute approximate surface area is 175 Å². The Morgan fingerprint density at radius 2 is 1.77 bits per heavy atom. The van der Waals surface area contributed by atoms with Gasteiger partial charge in [0, 0.05) is 38.2 Å². The Morgan fingerprint density at radius 3 is 2.29 bits per heavy atom. The molecule has 0 saturated carbocycles. The predicted octanol–water partition coefficient (Wildman–Crippen LogP) is 3.79. The molecule has 0 aromatic heterocycles. The minimum absolute atomic E-state index is 0.0834. The Kier molecular flexibility index (Phi) is 7.84. The van der Waals surface area contributed by atoms with Crippen LogP contribution in [0.2, 0.25) is 0 Å². The van der Waals surface area contributed by atoms with E-state index in [1.165, 1.54) is 0 Å². The smallest absolute Gasteiger partial charge is 0.406 e. The van der Waals surface area contributed by atoms with E-state index in [1.54, 1.807) is 6.92 Å². The van der Waals surface area contributed by atoms with Gasteiger partial charge in [0.25, 0.3) is 0 Å². The number of ether oxygens (including phenoxy) is 1. The minimum atomic E-state index is -4.97. The molecule has 0 aliphatic carbocycles. The van der Waals surface area contributed by atoms with Crippen molar-refractivity contribution in [3.05, 3.63) is 24.3 Å². The first-order valence-electron chi connectivity index (χ1n) is 9.44. The van der Waals surface area contributed by atoms with Crippen LogP contribution >= 0.6 is 0 Å². The van der Waals surface area contributed by atoms with E-state index < -0.39 is 53.1 Å². The van der Waals surface area contributed by atoms with E-state index >= 15 is 0 Å². The molecule has 1 fully saturated rings. The van der Waals surface area contributed by atoms with Crippen molar-refractivity contribution in [1.82, 2.24) is 9.21 Å². The summed E-state index contributed by atoms with van der Waals surface area (Å²) >= 11 is 0. The van der Waals surface area contributed by atoms with E-state index in [4.69, 9.17) is 0 Å². The summed E-state index contributed by atoms with van der Waals surface area (Å²) in [4.78, 5) is 13.2. The molecule has 1 aromatic carbocycles. The van der Waals surface area contributed by atoms with Gasteiger partial charge in [-0.15, -0.1) is 13.2 Å². The molecule has 0 unspecified atom stereocenters. The minimum Gasteiger partial charge on any atom is -0.406 e. The fraction of sp³-hybridized carbons (Fsp3) is 0.611. The number of amides is 1. The molecule has 2 rings (SSSR count). The van der Waals surface area contributed by atoms with Crippen LogP contribution in [0.3, 0.4) is 0 Å². The van der Waals surface area contributed by atoms with Gasteiger partial charge in [-0.1, -0.05) is 6.07 Å². The second-order valence-electron chi connectivity index (χ2n) is 6.98.